The van der Waals surface area contributed by atoms with Crippen LogP contribution >= 0.6 is 7.75 Å². The van der Waals surface area contributed by atoms with Crippen LogP contribution in [-0.4, -0.2) is 77.9 Å². The molecule has 0 saturated carbocycles. The predicted octanol–water partition coefficient (Wildman–Crippen LogP) is 8.96. The standard InChI is InChI=1S/C61H67FN5O14P/c62-54-35-32-49(40-64-54)58(71)63-38-18-6-17-31-55(68)66-52(59(72)77-42-46-22-9-2-10-23-46)33-36-56(69)65-51(61(74)81-50-28-15-5-16-29-50)30-19-39-79-82(75,80-44-48-26-13-4-14-27-48)67-53(60(73)78-43-47-24-11-3-12-25-47)34-37-57(70)76-41-45-20-7-1-8-21-45/h1-5,7-16,20-29,32,35,40,51-53H,6,17-19,30-31,33-34,36-39,41-44H2,(H,63,71)(H,65,69)(H,66,68)(H,67,75)/t51-,52-,53-,82?/m0/s1. The summed E-state index contributed by atoms with van der Waals surface area (Å²) < 4.78 is 62.1. The van der Waals surface area contributed by atoms with Crippen LogP contribution in [0.1, 0.15) is 96.8 Å². The first kappa shape index (κ1) is 62.8. The topological polar surface area (TPSA) is 253 Å². The number of aromatic nitrogens is 1. The molecule has 82 heavy (non-hydrogen) atoms. The van der Waals surface area contributed by atoms with Crippen LogP contribution in [0.2, 0.25) is 0 Å². The van der Waals surface area contributed by atoms with Gasteiger partial charge in [0, 0.05) is 32.0 Å². The first-order valence-electron chi connectivity index (χ1n) is 26.9. The van der Waals surface area contributed by atoms with Crippen molar-refractivity contribution >= 4 is 49.3 Å². The lowest BCUT2D eigenvalue weighted by molar-refractivity contribution is -0.150. The molecule has 21 heteroatoms. The SMILES string of the molecule is O=C(CCCCCNC(=O)c1ccc(F)nc1)N[C@@H](CCC(=O)N[C@@H](CCCOP(=O)(N[C@@H](CCC(=O)OCc1ccccc1)C(=O)OCc1ccccc1)OCc1ccccc1)C(=O)Oc1ccccc1)C(=O)OCc1ccccc1. The second-order valence-electron chi connectivity index (χ2n) is 18.7. The Kier molecular flexibility index (Phi) is 26.5. The van der Waals surface area contributed by atoms with E-state index < -0.39 is 73.4 Å². The third kappa shape index (κ3) is 23.7. The number of esters is 4. The average Bonchev–Trinajstić information content (AvgIpc) is 3.51. The van der Waals surface area contributed by atoms with Crippen molar-refractivity contribution in [3.63, 3.8) is 0 Å². The van der Waals surface area contributed by atoms with Crippen molar-refractivity contribution in [3.05, 3.63) is 204 Å². The first-order chi connectivity index (χ1) is 39.8. The number of hydrogen-bond acceptors (Lipinski definition) is 15. The zero-order valence-corrected chi connectivity index (χ0v) is 46.1. The highest BCUT2D eigenvalue weighted by atomic mass is 31.2. The van der Waals surface area contributed by atoms with Crippen LogP contribution in [0, 0.1) is 5.95 Å². The summed E-state index contributed by atoms with van der Waals surface area (Å²) in [6.07, 6.45) is 1.39. The Morgan fingerprint density at radius 2 is 0.988 bits per heavy atom. The highest BCUT2D eigenvalue weighted by Crippen LogP contribution is 2.46. The van der Waals surface area contributed by atoms with Gasteiger partial charge >= 0.3 is 31.6 Å². The van der Waals surface area contributed by atoms with Crippen molar-refractivity contribution in [2.75, 3.05) is 13.2 Å². The maximum atomic E-state index is 14.8. The minimum atomic E-state index is -4.49. The molecular formula is C61H67FN5O14P. The molecule has 0 aliphatic rings. The number of nitrogens with one attached hydrogen (secondary N) is 4. The molecular weight excluding hydrogens is 1080 g/mol. The fourth-order valence-corrected chi connectivity index (χ4v) is 9.39. The van der Waals surface area contributed by atoms with E-state index in [1.807, 2.05) is 12.1 Å². The molecule has 19 nitrogen and oxygen atoms in total. The Bertz CT molecular complexity index is 2990. The molecule has 0 fully saturated rings. The van der Waals surface area contributed by atoms with Crippen molar-refractivity contribution in [2.24, 2.45) is 0 Å². The second-order valence-corrected chi connectivity index (χ2v) is 20.5. The fraction of sp³-hybridized carbons (Fsp3) is 0.311. The maximum absolute atomic E-state index is 14.8. The van der Waals surface area contributed by atoms with Crippen LogP contribution in [-0.2, 0) is 83.0 Å². The molecule has 6 aromatic rings. The quantitative estimate of drug-likeness (QED) is 0.00723. The van der Waals surface area contributed by atoms with Gasteiger partial charge in [0.2, 0.25) is 17.8 Å². The molecule has 5 aromatic carbocycles. The monoisotopic (exact) mass is 1140 g/mol. The lowest BCUT2D eigenvalue weighted by Gasteiger charge is -2.25. The summed E-state index contributed by atoms with van der Waals surface area (Å²) in [5.74, 6) is -5.20. The fourth-order valence-electron chi connectivity index (χ4n) is 7.86. The third-order valence-electron chi connectivity index (χ3n) is 12.3. The number of nitrogens with zero attached hydrogens (tertiary/aromatic N) is 1. The highest BCUT2D eigenvalue weighted by Gasteiger charge is 2.35. The number of carbonyl (C=O) groups is 7. The Balaban J connectivity index is 1.09. The van der Waals surface area contributed by atoms with Gasteiger partial charge in [0.1, 0.15) is 43.7 Å². The van der Waals surface area contributed by atoms with Gasteiger partial charge in [-0.3, -0.25) is 33.0 Å². The Morgan fingerprint density at radius 3 is 1.55 bits per heavy atom. The molecule has 0 aliphatic carbocycles. The van der Waals surface area contributed by atoms with Crippen LogP contribution < -0.4 is 25.8 Å². The van der Waals surface area contributed by atoms with Crippen LogP contribution in [0.5, 0.6) is 5.75 Å². The smallest absolute Gasteiger partial charge is 0.406 e. The number of unbranched alkanes of at least 4 members (excludes halogenated alkanes) is 2. The maximum Gasteiger partial charge on any atom is 0.406 e. The minimum Gasteiger partial charge on any atom is -0.461 e. The van der Waals surface area contributed by atoms with Crippen LogP contribution in [0.4, 0.5) is 4.39 Å². The van der Waals surface area contributed by atoms with E-state index in [9.17, 15) is 42.5 Å². The summed E-state index contributed by atoms with van der Waals surface area (Å²) >= 11 is 0. The number of pyridine rings is 1. The molecule has 432 valence electrons. The normalized spacial score (nSPS) is 12.7. The van der Waals surface area contributed by atoms with Gasteiger partial charge in [-0.25, -0.2) is 24.2 Å². The van der Waals surface area contributed by atoms with E-state index in [1.165, 1.54) is 6.07 Å². The largest absolute Gasteiger partial charge is 0.461 e. The van der Waals surface area contributed by atoms with E-state index in [0.717, 1.165) is 17.8 Å². The number of benzene rings is 5. The van der Waals surface area contributed by atoms with Crippen molar-refractivity contribution in [1.82, 2.24) is 26.0 Å². The van der Waals surface area contributed by atoms with E-state index in [2.05, 4.69) is 26.0 Å². The van der Waals surface area contributed by atoms with E-state index in [0.29, 0.717) is 42.5 Å². The molecule has 0 radical (unpaired) electrons. The second kappa shape index (κ2) is 34.7. The van der Waals surface area contributed by atoms with E-state index in [-0.39, 0.29) is 89.3 Å². The van der Waals surface area contributed by atoms with Gasteiger partial charge in [0.05, 0.1) is 18.8 Å². The molecule has 6 rings (SSSR count). The Hall–Kier alpha value is -8.42. The molecule has 4 N–H and O–H groups in total. The summed E-state index contributed by atoms with van der Waals surface area (Å²) in [5.41, 5.74) is 2.96. The summed E-state index contributed by atoms with van der Waals surface area (Å²) in [4.78, 5) is 96.9. The lowest BCUT2D eigenvalue weighted by Crippen LogP contribution is -2.45. The molecule has 0 spiro atoms. The van der Waals surface area contributed by atoms with E-state index in [1.54, 1.807) is 140 Å². The first-order valence-corrected chi connectivity index (χ1v) is 28.4. The Labute approximate surface area is 475 Å². The summed E-state index contributed by atoms with van der Waals surface area (Å²) in [5, 5.41) is 10.8. The van der Waals surface area contributed by atoms with Gasteiger partial charge in [0.15, 0.2) is 0 Å². The number of hydrogen-bond donors (Lipinski definition) is 4. The summed E-state index contributed by atoms with van der Waals surface area (Å²) in [7, 11) is -4.49. The van der Waals surface area contributed by atoms with Gasteiger partial charge in [-0.05, 0) is 85.0 Å². The van der Waals surface area contributed by atoms with E-state index in [4.69, 9.17) is 28.0 Å². The van der Waals surface area contributed by atoms with Crippen LogP contribution in [0.15, 0.2) is 170 Å². The summed E-state index contributed by atoms with van der Waals surface area (Å²) in [6.45, 7) is -0.511. The predicted molar refractivity (Wildman–Crippen MR) is 299 cm³/mol. The van der Waals surface area contributed by atoms with Crippen LogP contribution in [0.3, 0.4) is 0 Å². The van der Waals surface area contributed by atoms with Crippen molar-refractivity contribution in [2.45, 2.75) is 109 Å². The molecule has 0 aliphatic heterocycles. The highest BCUT2D eigenvalue weighted by molar-refractivity contribution is 7.51. The lowest BCUT2D eigenvalue weighted by atomic mass is 10.1. The molecule has 1 aromatic heterocycles. The van der Waals surface area contributed by atoms with Gasteiger partial charge in [-0.15, -0.1) is 0 Å². The molecule has 1 heterocycles. The van der Waals surface area contributed by atoms with Gasteiger partial charge in [-0.1, -0.05) is 146 Å². The third-order valence-corrected chi connectivity index (χ3v) is 13.9. The molecule has 3 amide bonds. The number of rotatable bonds is 35. The van der Waals surface area contributed by atoms with Gasteiger partial charge in [-0.2, -0.15) is 4.39 Å². The molecule has 0 saturated heterocycles. The Morgan fingerprint density at radius 1 is 0.488 bits per heavy atom. The minimum absolute atomic E-state index is 0.00407. The van der Waals surface area contributed by atoms with Crippen molar-refractivity contribution in [3.8, 4) is 5.75 Å². The number of halogens is 1. The van der Waals surface area contributed by atoms with Crippen LogP contribution in [0.25, 0.3) is 0 Å². The number of carbonyl (C=O) groups excluding carboxylic acids is 7. The van der Waals surface area contributed by atoms with Gasteiger partial charge in [0.25, 0.3) is 5.91 Å². The van der Waals surface area contributed by atoms with Crippen molar-refractivity contribution < 1.29 is 70.5 Å². The number of para-hydroxylation sites is 1. The molecule has 4 atom stereocenters. The van der Waals surface area contributed by atoms with Gasteiger partial charge < -0.3 is 34.9 Å². The summed E-state index contributed by atoms with van der Waals surface area (Å²) in [6, 6.07) is 42.2. The number of amides is 3. The number of ether oxygens (including phenoxy) is 4. The molecule has 0 bridgehead atoms. The zero-order valence-electron chi connectivity index (χ0n) is 45.2. The van der Waals surface area contributed by atoms with E-state index >= 15 is 0 Å². The molecule has 1 unspecified atom stereocenters. The average molecular weight is 1140 g/mol. The zero-order chi connectivity index (χ0) is 58.2. The van der Waals surface area contributed by atoms with Crippen molar-refractivity contribution in [1.29, 1.82) is 0 Å².